The van der Waals surface area contributed by atoms with Crippen LogP contribution < -0.4 is 15.0 Å². The van der Waals surface area contributed by atoms with Gasteiger partial charge in [0.1, 0.15) is 12.4 Å². The zero-order chi connectivity index (χ0) is 20.2. The van der Waals surface area contributed by atoms with E-state index in [1.807, 2.05) is 48.5 Å². The van der Waals surface area contributed by atoms with Crippen LogP contribution >= 0.6 is 15.9 Å². The van der Waals surface area contributed by atoms with Crippen LogP contribution in [0.3, 0.4) is 0 Å². The van der Waals surface area contributed by atoms with E-state index in [0.29, 0.717) is 32.8 Å². The number of ether oxygens (including phenoxy) is 1. The maximum absolute atomic E-state index is 13.2. The fourth-order valence-electron chi connectivity index (χ4n) is 3.87. The molecule has 29 heavy (non-hydrogen) atoms. The Bertz CT molecular complexity index is 904. The molecule has 4 rings (SSSR count). The predicted molar refractivity (Wildman–Crippen MR) is 115 cm³/mol. The molecule has 0 radical (unpaired) electrons. The van der Waals surface area contributed by atoms with Crippen molar-refractivity contribution in [2.75, 3.05) is 31.1 Å². The average Bonchev–Trinajstić information content (AvgIpc) is 2.77. The first-order valence-electron chi connectivity index (χ1n) is 9.93. The molecule has 2 aromatic rings. The lowest BCUT2D eigenvalue weighted by molar-refractivity contribution is -0.126. The number of rotatable bonds is 3. The van der Waals surface area contributed by atoms with Crippen LogP contribution in [0.25, 0.3) is 0 Å². The zero-order valence-corrected chi connectivity index (χ0v) is 17.7. The van der Waals surface area contributed by atoms with E-state index < -0.39 is 0 Å². The van der Waals surface area contributed by atoms with E-state index >= 15 is 0 Å². The molecule has 0 spiro atoms. The highest BCUT2D eigenvalue weighted by atomic mass is 79.9. The fraction of sp³-hybridized carbons (Fsp3) is 0.364. The summed E-state index contributed by atoms with van der Waals surface area (Å²) in [5.41, 5.74) is 1.83. The number of nitrogens with zero attached hydrogens (tertiary/aromatic N) is 2. The minimum Gasteiger partial charge on any atom is -0.490 e. The topological polar surface area (TPSA) is 61.9 Å². The molecule has 1 unspecified atom stereocenters. The number of likely N-dealkylation sites (tertiary alicyclic amines) is 1. The van der Waals surface area contributed by atoms with E-state index in [0.717, 1.165) is 34.3 Å². The quantitative estimate of drug-likeness (QED) is 0.762. The number of piperidine rings is 1. The molecule has 1 fully saturated rings. The van der Waals surface area contributed by atoms with Gasteiger partial charge in [0.2, 0.25) is 5.91 Å². The van der Waals surface area contributed by atoms with Crippen molar-refractivity contribution in [2.24, 2.45) is 5.92 Å². The number of para-hydroxylation sites is 2. The van der Waals surface area contributed by atoms with Crippen molar-refractivity contribution in [2.45, 2.75) is 19.4 Å². The number of carbonyl (C=O) groups is 2. The van der Waals surface area contributed by atoms with Crippen LogP contribution in [0.5, 0.6) is 5.75 Å². The van der Waals surface area contributed by atoms with Gasteiger partial charge in [-0.3, -0.25) is 9.69 Å². The largest absolute Gasteiger partial charge is 0.490 e. The standard InChI is InChI=1S/C22H24BrN3O3/c23-18-8-2-1-6-16(18)14-24-21(27)17-7-5-11-25(15-17)22(28)26-12-13-29-20-10-4-3-9-19(20)26/h1-4,6,8-10,17H,5,7,11-15H2,(H,24,27). The lowest BCUT2D eigenvalue weighted by atomic mass is 9.97. The molecule has 0 aromatic heterocycles. The van der Waals surface area contributed by atoms with Crippen molar-refractivity contribution in [3.63, 3.8) is 0 Å². The SMILES string of the molecule is O=C(NCc1ccccc1Br)C1CCCN(C(=O)N2CCOc3ccccc32)C1. The summed E-state index contributed by atoms with van der Waals surface area (Å²) in [4.78, 5) is 29.5. The molecule has 152 valence electrons. The van der Waals surface area contributed by atoms with Crippen LogP contribution in [-0.2, 0) is 11.3 Å². The van der Waals surface area contributed by atoms with Crippen molar-refractivity contribution < 1.29 is 14.3 Å². The Labute approximate surface area is 178 Å². The molecule has 0 saturated carbocycles. The average molecular weight is 458 g/mol. The Kier molecular flexibility index (Phi) is 6.04. The van der Waals surface area contributed by atoms with Crippen LogP contribution in [0.1, 0.15) is 18.4 Å². The van der Waals surface area contributed by atoms with Gasteiger partial charge < -0.3 is 15.0 Å². The van der Waals surface area contributed by atoms with Gasteiger partial charge in [0.05, 0.1) is 18.2 Å². The molecule has 1 atom stereocenters. The minimum absolute atomic E-state index is 0.000584. The number of urea groups is 1. The molecular formula is C22H24BrN3O3. The first kappa shape index (κ1) is 19.8. The molecule has 0 bridgehead atoms. The Balaban J connectivity index is 1.39. The summed E-state index contributed by atoms with van der Waals surface area (Å²) in [7, 11) is 0. The summed E-state index contributed by atoms with van der Waals surface area (Å²) in [5, 5.41) is 3.02. The van der Waals surface area contributed by atoms with E-state index in [4.69, 9.17) is 4.74 Å². The molecule has 2 heterocycles. The van der Waals surface area contributed by atoms with Gasteiger partial charge in [-0.05, 0) is 36.6 Å². The number of nitrogens with one attached hydrogen (secondary N) is 1. The smallest absolute Gasteiger partial charge is 0.324 e. The second-order valence-corrected chi connectivity index (χ2v) is 8.20. The normalized spacial score (nSPS) is 18.6. The number of hydrogen-bond donors (Lipinski definition) is 1. The molecule has 2 aliphatic rings. The maximum Gasteiger partial charge on any atom is 0.324 e. The molecule has 7 heteroatoms. The summed E-state index contributed by atoms with van der Waals surface area (Å²) < 4.78 is 6.63. The molecule has 3 amide bonds. The zero-order valence-electron chi connectivity index (χ0n) is 16.1. The van der Waals surface area contributed by atoms with Crippen molar-refractivity contribution in [3.8, 4) is 5.75 Å². The highest BCUT2D eigenvalue weighted by Crippen LogP contribution is 2.32. The van der Waals surface area contributed by atoms with Gasteiger partial charge in [0.25, 0.3) is 0 Å². The van der Waals surface area contributed by atoms with Gasteiger partial charge >= 0.3 is 6.03 Å². The molecule has 0 aliphatic carbocycles. The predicted octanol–water partition coefficient (Wildman–Crippen LogP) is 3.80. The van der Waals surface area contributed by atoms with Crippen LogP contribution in [0.2, 0.25) is 0 Å². The van der Waals surface area contributed by atoms with E-state index in [-0.39, 0.29) is 17.9 Å². The fourth-order valence-corrected chi connectivity index (χ4v) is 4.30. The minimum atomic E-state index is -0.188. The third-order valence-corrected chi connectivity index (χ3v) is 6.21. The number of fused-ring (bicyclic) bond motifs is 1. The summed E-state index contributed by atoms with van der Waals surface area (Å²) in [6, 6.07) is 15.4. The first-order chi connectivity index (χ1) is 14.1. The van der Waals surface area contributed by atoms with Gasteiger partial charge in [-0.25, -0.2) is 4.79 Å². The Morgan fingerprint density at radius 2 is 1.90 bits per heavy atom. The van der Waals surface area contributed by atoms with Crippen LogP contribution in [0.4, 0.5) is 10.5 Å². The van der Waals surface area contributed by atoms with Gasteiger partial charge in [-0.1, -0.05) is 46.3 Å². The molecule has 1 saturated heterocycles. The van der Waals surface area contributed by atoms with E-state index in [1.165, 1.54) is 0 Å². The van der Waals surface area contributed by atoms with Gasteiger partial charge in [0, 0.05) is 24.1 Å². The molecule has 2 aliphatic heterocycles. The van der Waals surface area contributed by atoms with Gasteiger partial charge in [-0.2, -0.15) is 0 Å². The third kappa shape index (κ3) is 4.40. The summed E-state index contributed by atoms with van der Waals surface area (Å²) in [6.07, 6.45) is 1.62. The maximum atomic E-state index is 13.2. The van der Waals surface area contributed by atoms with Gasteiger partial charge in [0.15, 0.2) is 0 Å². The molecular weight excluding hydrogens is 434 g/mol. The molecule has 1 N–H and O–H groups in total. The summed E-state index contributed by atoms with van der Waals surface area (Å²) >= 11 is 3.51. The first-order valence-corrected chi connectivity index (χ1v) is 10.7. The number of halogens is 1. The Hall–Kier alpha value is -2.54. The van der Waals surface area contributed by atoms with Crippen molar-refractivity contribution >= 4 is 33.6 Å². The van der Waals surface area contributed by atoms with Crippen molar-refractivity contribution in [1.29, 1.82) is 0 Å². The number of hydrogen-bond acceptors (Lipinski definition) is 3. The summed E-state index contributed by atoms with van der Waals surface area (Å²) in [6.45, 7) is 2.59. The molecule has 2 aromatic carbocycles. The molecule has 6 nitrogen and oxygen atoms in total. The number of anilines is 1. The Morgan fingerprint density at radius 3 is 2.76 bits per heavy atom. The second-order valence-electron chi connectivity index (χ2n) is 7.34. The highest BCUT2D eigenvalue weighted by molar-refractivity contribution is 9.10. The third-order valence-electron chi connectivity index (χ3n) is 5.43. The lowest BCUT2D eigenvalue weighted by Crippen LogP contribution is -2.52. The second kappa shape index (κ2) is 8.86. The van der Waals surface area contributed by atoms with Crippen LogP contribution in [0, 0.1) is 5.92 Å². The lowest BCUT2D eigenvalue weighted by Gasteiger charge is -2.37. The monoisotopic (exact) mass is 457 g/mol. The van der Waals surface area contributed by atoms with E-state index in [2.05, 4.69) is 21.2 Å². The summed E-state index contributed by atoms with van der Waals surface area (Å²) in [5.74, 6) is 0.541. The van der Waals surface area contributed by atoms with Gasteiger partial charge in [-0.15, -0.1) is 0 Å². The van der Waals surface area contributed by atoms with Crippen molar-refractivity contribution in [1.82, 2.24) is 10.2 Å². The van der Waals surface area contributed by atoms with Crippen LogP contribution in [0.15, 0.2) is 53.0 Å². The van der Waals surface area contributed by atoms with E-state index in [1.54, 1.807) is 9.80 Å². The highest BCUT2D eigenvalue weighted by Gasteiger charge is 2.33. The number of carbonyl (C=O) groups excluding carboxylic acids is 2. The van der Waals surface area contributed by atoms with Crippen LogP contribution in [-0.4, -0.2) is 43.1 Å². The Morgan fingerprint density at radius 1 is 1.10 bits per heavy atom. The van der Waals surface area contributed by atoms with E-state index in [9.17, 15) is 9.59 Å². The van der Waals surface area contributed by atoms with Crippen molar-refractivity contribution in [3.05, 3.63) is 58.6 Å². The number of amides is 3. The number of benzene rings is 2.